The summed E-state index contributed by atoms with van der Waals surface area (Å²) in [5, 5.41) is 13.6. The van der Waals surface area contributed by atoms with Crippen LogP contribution in [-0.2, 0) is 12.0 Å². The Morgan fingerprint density at radius 2 is 2.11 bits per heavy atom. The zero-order valence-electron chi connectivity index (χ0n) is 10.8. The van der Waals surface area contributed by atoms with E-state index in [4.69, 9.17) is 4.74 Å². The summed E-state index contributed by atoms with van der Waals surface area (Å²) in [6.07, 6.45) is 0.484. The average Bonchev–Trinajstić information content (AvgIpc) is 2.74. The molecule has 0 saturated carbocycles. The van der Waals surface area contributed by atoms with E-state index in [2.05, 4.69) is 4.98 Å². The van der Waals surface area contributed by atoms with Crippen LogP contribution in [0.15, 0.2) is 29.6 Å². The van der Waals surface area contributed by atoms with Gasteiger partial charge in [0, 0.05) is 17.4 Å². The molecule has 0 aliphatic carbocycles. The summed E-state index contributed by atoms with van der Waals surface area (Å²) in [6, 6.07) is 7.54. The molecule has 1 atom stereocenters. The highest BCUT2D eigenvalue weighted by molar-refractivity contribution is 7.09. The van der Waals surface area contributed by atoms with Crippen LogP contribution in [0.25, 0.3) is 0 Å². The minimum Gasteiger partial charge on any atom is -0.496 e. The van der Waals surface area contributed by atoms with E-state index in [-0.39, 0.29) is 0 Å². The molecule has 1 aromatic heterocycles. The Kier molecular flexibility index (Phi) is 3.68. The number of rotatable bonds is 4. The molecule has 0 fully saturated rings. The smallest absolute Gasteiger partial charge is 0.124 e. The maximum absolute atomic E-state index is 10.6. The normalized spacial score (nSPS) is 14.2. The Labute approximate surface area is 111 Å². The predicted molar refractivity (Wildman–Crippen MR) is 73.1 cm³/mol. The summed E-state index contributed by atoms with van der Waals surface area (Å²) >= 11 is 1.60. The summed E-state index contributed by atoms with van der Waals surface area (Å²) in [4.78, 5) is 4.39. The number of para-hydroxylation sites is 1. The molecule has 0 saturated heterocycles. The largest absolute Gasteiger partial charge is 0.496 e. The minimum absolute atomic E-state index is 0.484. The fraction of sp³-hybridized carbons (Fsp3) is 0.357. The number of ether oxygens (including phenoxy) is 1. The number of thiazole rings is 1. The van der Waals surface area contributed by atoms with E-state index in [1.807, 2.05) is 36.6 Å². The van der Waals surface area contributed by atoms with Gasteiger partial charge < -0.3 is 9.84 Å². The fourth-order valence-electron chi connectivity index (χ4n) is 2.03. The molecule has 0 bridgehead atoms. The zero-order chi connectivity index (χ0) is 13.2. The first-order valence-corrected chi connectivity index (χ1v) is 6.68. The lowest BCUT2D eigenvalue weighted by molar-refractivity contribution is 0.0541. The first-order chi connectivity index (χ1) is 8.53. The average molecular weight is 263 g/mol. The Hall–Kier alpha value is -1.39. The Bertz CT molecular complexity index is 534. The van der Waals surface area contributed by atoms with Crippen molar-refractivity contribution in [1.82, 2.24) is 4.98 Å². The number of aromatic nitrogens is 1. The van der Waals surface area contributed by atoms with Gasteiger partial charge in [0.15, 0.2) is 0 Å². The van der Waals surface area contributed by atoms with E-state index in [0.717, 1.165) is 16.3 Å². The SMILES string of the molecule is COc1ccccc1C(C)(O)Cc1csc(C)n1. The molecule has 1 aromatic carbocycles. The zero-order valence-corrected chi connectivity index (χ0v) is 11.6. The van der Waals surface area contributed by atoms with Crippen LogP contribution in [0.4, 0.5) is 0 Å². The number of aryl methyl sites for hydroxylation is 1. The predicted octanol–water partition coefficient (Wildman–Crippen LogP) is 2.91. The van der Waals surface area contributed by atoms with Crippen LogP contribution < -0.4 is 4.74 Å². The third-order valence-corrected chi connectivity index (χ3v) is 3.70. The Morgan fingerprint density at radius 3 is 2.72 bits per heavy atom. The highest BCUT2D eigenvalue weighted by atomic mass is 32.1. The van der Waals surface area contributed by atoms with Crippen molar-refractivity contribution >= 4 is 11.3 Å². The van der Waals surface area contributed by atoms with Crippen LogP contribution in [-0.4, -0.2) is 17.2 Å². The second kappa shape index (κ2) is 5.08. The molecular weight excluding hydrogens is 246 g/mol. The summed E-state index contributed by atoms with van der Waals surface area (Å²) in [5.74, 6) is 0.703. The number of hydrogen-bond donors (Lipinski definition) is 1. The topological polar surface area (TPSA) is 42.4 Å². The second-order valence-corrected chi connectivity index (χ2v) is 5.57. The monoisotopic (exact) mass is 263 g/mol. The van der Waals surface area contributed by atoms with Crippen molar-refractivity contribution in [3.8, 4) is 5.75 Å². The van der Waals surface area contributed by atoms with Gasteiger partial charge in [-0.15, -0.1) is 11.3 Å². The van der Waals surface area contributed by atoms with Gasteiger partial charge in [-0.3, -0.25) is 0 Å². The lowest BCUT2D eigenvalue weighted by Crippen LogP contribution is -2.25. The van der Waals surface area contributed by atoms with E-state index in [1.54, 1.807) is 25.4 Å². The van der Waals surface area contributed by atoms with E-state index >= 15 is 0 Å². The lowest BCUT2D eigenvalue weighted by Gasteiger charge is -2.24. The van der Waals surface area contributed by atoms with Gasteiger partial charge in [0.1, 0.15) is 5.75 Å². The maximum atomic E-state index is 10.6. The van der Waals surface area contributed by atoms with Gasteiger partial charge in [-0.2, -0.15) is 0 Å². The highest BCUT2D eigenvalue weighted by Gasteiger charge is 2.27. The highest BCUT2D eigenvalue weighted by Crippen LogP contribution is 2.32. The van der Waals surface area contributed by atoms with E-state index in [1.165, 1.54) is 0 Å². The summed E-state index contributed by atoms with van der Waals surface area (Å²) in [6.45, 7) is 3.76. The molecule has 2 rings (SSSR count). The third kappa shape index (κ3) is 2.71. The van der Waals surface area contributed by atoms with E-state index < -0.39 is 5.60 Å². The molecule has 0 aliphatic rings. The molecule has 3 nitrogen and oxygen atoms in total. The van der Waals surface area contributed by atoms with E-state index in [9.17, 15) is 5.11 Å². The summed E-state index contributed by atoms with van der Waals surface area (Å²) in [5.41, 5.74) is 0.721. The Balaban J connectivity index is 2.29. The second-order valence-electron chi connectivity index (χ2n) is 4.51. The summed E-state index contributed by atoms with van der Waals surface area (Å²) < 4.78 is 5.30. The van der Waals surface area contributed by atoms with Crippen molar-refractivity contribution in [2.45, 2.75) is 25.9 Å². The number of methoxy groups -OCH3 is 1. The van der Waals surface area contributed by atoms with Crippen LogP contribution in [0.3, 0.4) is 0 Å². The lowest BCUT2D eigenvalue weighted by atomic mass is 9.90. The minimum atomic E-state index is -0.979. The van der Waals surface area contributed by atoms with Gasteiger partial charge >= 0.3 is 0 Å². The van der Waals surface area contributed by atoms with Crippen molar-refractivity contribution in [2.75, 3.05) is 7.11 Å². The molecule has 0 spiro atoms. The number of nitrogens with zero attached hydrogens (tertiary/aromatic N) is 1. The van der Waals surface area contributed by atoms with E-state index in [0.29, 0.717) is 12.2 Å². The molecular formula is C14H17NO2S. The molecule has 96 valence electrons. The standard InChI is InChI=1S/C14H17NO2S/c1-10-15-11(9-18-10)8-14(2,16)12-6-4-5-7-13(12)17-3/h4-7,9,16H,8H2,1-3H3. The Morgan fingerprint density at radius 1 is 1.39 bits per heavy atom. The van der Waals surface area contributed by atoms with Crippen LogP contribution >= 0.6 is 11.3 Å². The van der Waals surface area contributed by atoms with Crippen LogP contribution in [0.2, 0.25) is 0 Å². The van der Waals surface area contributed by atoms with Crippen molar-refractivity contribution < 1.29 is 9.84 Å². The maximum Gasteiger partial charge on any atom is 0.124 e. The number of aliphatic hydroxyl groups is 1. The van der Waals surface area contributed by atoms with Crippen LogP contribution in [0, 0.1) is 6.92 Å². The molecule has 0 radical (unpaired) electrons. The van der Waals surface area contributed by atoms with Crippen molar-refractivity contribution in [3.05, 3.63) is 45.9 Å². The van der Waals surface area contributed by atoms with Crippen molar-refractivity contribution in [1.29, 1.82) is 0 Å². The van der Waals surface area contributed by atoms with Crippen molar-refractivity contribution in [2.24, 2.45) is 0 Å². The van der Waals surface area contributed by atoms with Crippen LogP contribution in [0.1, 0.15) is 23.2 Å². The van der Waals surface area contributed by atoms with Crippen LogP contribution in [0.5, 0.6) is 5.75 Å². The van der Waals surface area contributed by atoms with Gasteiger partial charge in [0.25, 0.3) is 0 Å². The first kappa shape index (κ1) is 13.1. The third-order valence-electron chi connectivity index (χ3n) is 2.88. The quantitative estimate of drug-likeness (QED) is 0.922. The number of hydrogen-bond acceptors (Lipinski definition) is 4. The van der Waals surface area contributed by atoms with Gasteiger partial charge in [-0.25, -0.2) is 4.98 Å². The van der Waals surface area contributed by atoms with Gasteiger partial charge in [0.2, 0.25) is 0 Å². The fourth-order valence-corrected chi connectivity index (χ4v) is 2.64. The molecule has 2 aromatic rings. The number of benzene rings is 1. The molecule has 1 unspecified atom stereocenters. The van der Waals surface area contributed by atoms with Crippen molar-refractivity contribution in [3.63, 3.8) is 0 Å². The first-order valence-electron chi connectivity index (χ1n) is 5.80. The molecule has 1 heterocycles. The van der Waals surface area contributed by atoms with Gasteiger partial charge in [-0.1, -0.05) is 18.2 Å². The molecule has 4 heteroatoms. The molecule has 0 aliphatic heterocycles. The van der Waals surface area contributed by atoms with Gasteiger partial charge in [0.05, 0.1) is 23.4 Å². The summed E-state index contributed by atoms with van der Waals surface area (Å²) in [7, 11) is 1.61. The molecule has 18 heavy (non-hydrogen) atoms. The molecule has 1 N–H and O–H groups in total. The van der Waals surface area contributed by atoms with Gasteiger partial charge in [-0.05, 0) is 19.9 Å². The molecule has 0 amide bonds.